The topological polar surface area (TPSA) is 12.9 Å². The first-order chi connectivity index (χ1) is 13.5. The van der Waals surface area contributed by atoms with Gasteiger partial charge in [-0.3, -0.25) is 4.98 Å². The molecule has 3 aromatic rings. The Morgan fingerprint density at radius 2 is 0.793 bits per heavy atom. The maximum atomic E-state index is 14.1. The van der Waals surface area contributed by atoms with Gasteiger partial charge < -0.3 is 0 Å². The summed E-state index contributed by atoms with van der Waals surface area (Å²) >= 11 is 0. The third-order valence-electron chi connectivity index (χ3n) is 3.78. The van der Waals surface area contributed by atoms with Crippen LogP contribution in [0.25, 0.3) is 22.4 Å². The second-order valence-corrected chi connectivity index (χ2v) is 5.44. The van der Waals surface area contributed by atoms with Crippen LogP contribution in [0, 0.1) is 64.0 Å². The molecule has 0 atom stereocenters. The van der Waals surface area contributed by atoms with Crippen LogP contribution in [0.4, 0.5) is 48.3 Å². The van der Waals surface area contributed by atoms with E-state index in [1.165, 1.54) is 0 Å². The molecule has 0 spiro atoms. The van der Waals surface area contributed by atoms with Gasteiger partial charge in [-0.1, -0.05) is 0 Å². The van der Waals surface area contributed by atoms with Crippen molar-refractivity contribution in [3.63, 3.8) is 0 Å². The standard InChI is InChI=1S/C17H2F11N/c18-3-1-4(5-7(19)11(23)15(27)12(24)8(5)20)17(29-2-3)6-9(21)13(25)16(28)14(26)10(6)22/h1-2H. The minimum atomic E-state index is -2.59. The lowest BCUT2D eigenvalue weighted by Gasteiger charge is -2.14. The van der Waals surface area contributed by atoms with E-state index in [0.717, 1.165) is 0 Å². The summed E-state index contributed by atoms with van der Waals surface area (Å²) in [5.41, 5.74) is -6.64. The highest BCUT2D eigenvalue weighted by molar-refractivity contribution is 5.82. The Morgan fingerprint density at radius 1 is 0.448 bits per heavy atom. The maximum Gasteiger partial charge on any atom is 0.200 e. The molecule has 0 saturated carbocycles. The van der Waals surface area contributed by atoms with Gasteiger partial charge >= 0.3 is 0 Å². The average molecular weight is 429 g/mol. The summed E-state index contributed by atoms with van der Waals surface area (Å²) in [7, 11) is 0. The van der Waals surface area contributed by atoms with Crippen molar-refractivity contribution in [3.8, 4) is 22.4 Å². The number of benzene rings is 2. The molecule has 0 bridgehead atoms. The summed E-state index contributed by atoms with van der Waals surface area (Å²) in [5.74, 6) is -26.7. The maximum absolute atomic E-state index is 14.1. The lowest BCUT2D eigenvalue weighted by Crippen LogP contribution is -2.08. The van der Waals surface area contributed by atoms with E-state index in [1.54, 1.807) is 0 Å². The Morgan fingerprint density at radius 3 is 1.21 bits per heavy atom. The van der Waals surface area contributed by atoms with Gasteiger partial charge in [-0.05, 0) is 6.07 Å². The summed E-state index contributed by atoms with van der Waals surface area (Å²) < 4.78 is 150. The number of hydrogen-bond donors (Lipinski definition) is 0. The molecule has 29 heavy (non-hydrogen) atoms. The Kier molecular flexibility index (Phi) is 4.97. The zero-order valence-electron chi connectivity index (χ0n) is 13.3. The molecule has 0 radical (unpaired) electrons. The van der Waals surface area contributed by atoms with E-state index in [0.29, 0.717) is 0 Å². The Balaban J connectivity index is 2.50. The zero-order chi connectivity index (χ0) is 21.8. The molecule has 0 fully saturated rings. The third kappa shape index (κ3) is 2.98. The number of rotatable bonds is 2. The average Bonchev–Trinajstić information content (AvgIpc) is 2.69. The van der Waals surface area contributed by atoms with Crippen molar-refractivity contribution in [3.05, 3.63) is 76.3 Å². The van der Waals surface area contributed by atoms with Crippen LogP contribution in [-0.4, -0.2) is 4.98 Å². The van der Waals surface area contributed by atoms with E-state index >= 15 is 0 Å². The monoisotopic (exact) mass is 429 g/mol. The van der Waals surface area contributed by atoms with Gasteiger partial charge in [0, 0.05) is 5.56 Å². The number of aromatic nitrogens is 1. The second-order valence-electron chi connectivity index (χ2n) is 5.44. The smallest absolute Gasteiger partial charge is 0.200 e. The van der Waals surface area contributed by atoms with Gasteiger partial charge in [0.15, 0.2) is 46.5 Å². The van der Waals surface area contributed by atoms with Gasteiger partial charge in [-0.15, -0.1) is 0 Å². The van der Waals surface area contributed by atoms with E-state index in [4.69, 9.17) is 0 Å². The van der Waals surface area contributed by atoms with Crippen molar-refractivity contribution in [1.82, 2.24) is 4.98 Å². The molecule has 0 aliphatic rings. The number of nitrogens with zero attached hydrogens (tertiary/aromatic N) is 1. The van der Waals surface area contributed by atoms with Gasteiger partial charge in [0.2, 0.25) is 11.6 Å². The summed E-state index contributed by atoms with van der Waals surface area (Å²) in [4.78, 5) is 3.04. The highest BCUT2D eigenvalue weighted by Crippen LogP contribution is 2.40. The molecule has 0 unspecified atom stereocenters. The minimum Gasteiger partial charge on any atom is -0.252 e. The predicted molar refractivity (Wildman–Crippen MR) is 74.6 cm³/mol. The number of hydrogen-bond acceptors (Lipinski definition) is 1. The van der Waals surface area contributed by atoms with E-state index in [2.05, 4.69) is 4.98 Å². The van der Waals surface area contributed by atoms with E-state index in [1.807, 2.05) is 0 Å². The third-order valence-corrected chi connectivity index (χ3v) is 3.78. The van der Waals surface area contributed by atoms with Crippen LogP contribution >= 0.6 is 0 Å². The van der Waals surface area contributed by atoms with Gasteiger partial charge in [-0.25, -0.2) is 48.3 Å². The van der Waals surface area contributed by atoms with Crippen LogP contribution in [0.1, 0.15) is 0 Å². The van der Waals surface area contributed by atoms with Gasteiger partial charge in [0.05, 0.1) is 23.0 Å². The molecule has 3 rings (SSSR count). The van der Waals surface area contributed by atoms with Gasteiger partial charge in [0.25, 0.3) is 0 Å². The van der Waals surface area contributed by atoms with Gasteiger partial charge in [0.1, 0.15) is 5.82 Å². The van der Waals surface area contributed by atoms with Crippen molar-refractivity contribution in [2.45, 2.75) is 0 Å². The molecule has 1 nitrogen and oxygen atoms in total. The molecule has 2 aromatic carbocycles. The van der Waals surface area contributed by atoms with E-state index in [-0.39, 0.29) is 12.3 Å². The number of pyridine rings is 1. The summed E-state index contributed by atoms with van der Waals surface area (Å²) in [6, 6.07) is 0.0542. The molecule has 0 aliphatic heterocycles. The van der Waals surface area contributed by atoms with Crippen LogP contribution in [-0.2, 0) is 0 Å². The SMILES string of the molecule is Fc1cnc(-c2c(F)c(F)c(F)c(F)c2F)c(-c2c(F)c(F)c(F)c(F)c2F)c1. The molecule has 0 aliphatic carbocycles. The Labute approximate surface area is 153 Å². The normalized spacial score (nSPS) is 11.3. The van der Waals surface area contributed by atoms with Crippen LogP contribution in [0.3, 0.4) is 0 Å². The van der Waals surface area contributed by atoms with Crippen molar-refractivity contribution in [2.24, 2.45) is 0 Å². The fourth-order valence-corrected chi connectivity index (χ4v) is 2.48. The first-order valence-electron chi connectivity index (χ1n) is 7.18. The largest absolute Gasteiger partial charge is 0.252 e. The first-order valence-corrected chi connectivity index (χ1v) is 7.18. The van der Waals surface area contributed by atoms with Crippen molar-refractivity contribution >= 4 is 0 Å². The Bertz CT molecular complexity index is 1120. The molecule has 1 heterocycles. The highest BCUT2D eigenvalue weighted by atomic mass is 19.2. The Hall–Kier alpha value is -3.18. The molecule has 152 valence electrons. The molecular weight excluding hydrogens is 427 g/mol. The van der Waals surface area contributed by atoms with Crippen LogP contribution in [0.5, 0.6) is 0 Å². The minimum absolute atomic E-state index is 0.0542. The van der Waals surface area contributed by atoms with Crippen LogP contribution in [0.2, 0.25) is 0 Å². The summed E-state index contributed by atoms with van der Waals surface area (Å²) in [6.07, 6.45) is 0.170. The van der Waals surface area contributed by atoms with Crippen molar-refractivity contribution in [2.75, 3.05) is 0 Å². The zero-order valence-corrected chi connectivity index (χ0v) is 13.3. The molecular formula is C17H2F11N. The summed E-state index contributed by atoms with van der Waals surface area (Å²) in [6.45, 7) is 0. The molecule has 0 N–H and O–H groups in total. The highest BCUT2D eigenvalue weighted by Gasteiger charge is 2.33. The van der Waals surface area contributed by atoms with Crippen molar-refractivity contribution < 1.29 is 48.3 Å². The van der Waals surface area contributed by atoms with Crippen LogP contribution in [0.15, 0.2) is 12.3 Å². The quantitative estimate of drug-likeness (QED) is 0.279. The number of halogens is 11. The molecule has 1 aromatic heterocycles. The fourth-order valence-electron chi connectivity index (χ4n) is 2.48. The lowest BCUT2D eigenvalue weighted by atomic mass is 9.96. The lowest BCUT2D eigenvalue weighted by molar-refractivity contribution is 0.380. The molecule has 0 amide bonds. The van der Waals surface area contributed by atoms with Crippen LogP contribution < -0.4 is 0 Å². The first kappa shape index (κ1) is 20.6. The molecule has 0 saturated heterocycles. The second kappa shape index (κ2) is 7.01. The van der Waals surface area contributed by atoms with E-state index in [9.17, 15) is 48.3 Å². The van der Waals surface area contributed by atoms with E-state index < -0.39 is 86.4 Å². The van der Waals surface area contributed by atoms with Gasteiger partial charge in [-0.2, -0.15) is 0 Å². The van der Waals surface area contributed by atoms with Crippen molar-refractivity contribution in [1.29, 1.82) is 0 Å². The fraction of sp³-hybridized carbons (Fsp3) is 0. The molecule has 12 heteroatoms. The summed E-state index contributed by atoms with van der Waals surface area (Å²) in [5, 5.41) is 0. The predicted octanol–water partition coefficient (Wildman–Crippen LogP) is 5.95.